The lowest BCUT2D eigenvalue weighted by Crippen LogP contribution is -2.29. The minimum absolute atomic E-state index is 0.0891. The fourth-order valence-electron chi connectivity index (χ4n) is 1.69. The largest absolute Gasteiger partial charge is 0.324 e. The van der Waals surface area contributed by atoms with E-state index in [0.717, 1.165) is 6.42 Å². The molecule has 2 heteroatoms. The molecule has 1 aromatic carbocycles. The van der Waals surface area contributed by atoms with Gasteiger partial charge in [-0.2, -0.15) is 0 Å². The summed E-state index contributed by atoms with van der Waals surface area (Å²) in [6.45, 7) is 0.166. The molecule has 0 amide bonds. The predicted octanol–water partition coefficient (Wildman–Crippen LogP) is 0.854. The summed E-state index contributed by atoms with van der Waals surface area (Å²) in [7, 11) is 0. The van der Waals surface area contributed by atoms with Crippen LogP contribution in [0.3, 0.4) is 0 Å². The molecule has 0 spiro atoms. The Bertz CT molecular complexity index is 319. The highest BCUT2D eigenvalue weighted by atomic mass is 16.1. The Labute approximate surface area is 71.4 Å². The number of benzene rings is 1. The van der Waals surface area contributed by atoms with E-state index in [0.29, 0.717) is 0 Å². The zero-order valence-corrected chi connectivity index (χ0v) is 6.79. The molecular weight excluding hydrogens is 150 g/mol. The van der Waals surface area contributed by atoms with Crippen molar-refractivity contribution in [3.05, 3.63) is 35.4 Å². The van der Waals surface area contributed by atoms with E-state index in [1.807, 2.05) is 18.2 Å². The zero-order chi connectivity index (χ0) is 8.55. The molecule has 2 N–H and O–H groups in total. The third kappa shape index (κ3) is 0.959. The number of fused-ring (bicyclic) bond motifs is 1. The molecule has 2 nitrogen and oxygen atoms in total. The number of nitrogens with two attached hydrogens (primary N) is 1. The van der Waals surface area contributed by atoms with Crippen molar-refractivity contribution in [3.8, 4) is 0 Å². The van der Waals surface area contributed by atoms with Gasteiger partial charge in [0.05, 0.1) is 6.54 Å². The van der Waals surface area contributed by atoms with Gasteiger partial charge in [0, 0.05) is 5.92 Å². The van der Waals surface area contributed by atoms with Crippen LogP contribution in [0.1, 0.15) is 17.0 Å². The van der Waals surface area contributed by atoms with E-state index >= 15 is 0 Å². The highest BCUT2D eigenvalue weighted by Crippen LogP contribution is 2.34. The van der Waals surface area contributed by atoms with Crippen molar-refractivity contribution in [1.29, 1.82) is 0 Å². The summed E-state index contributed by atoms with van der Waals surface area (Å²) < 4.78 is 0. The van der Waals surface area contributed by atoms with Crippen LogP contribution in [0.15, 0.2) is 24.3 Å². The first-order chi connectivity index (χ1) is 5.83. The van der Waals surface area contributed by atoms with Gasteiger partial charge in [-0.1, -0.05) is 24.3 Å². The minimum atomic E-state index is 0.0891. The molecule has 1 aliphatic rings. The van der Waals surface area contributed by atoms with Crippen LogP contribution in [0.25, 0.3) is 0 Å². The maximum Gasteiger partial charge on any atom is 0.154 e. The van der Waals surface area contributed by atoms with Gasteiger partial charge in [0.1, 0.15) is 0 Å². The number of ketones is 1. The van der Waals surface area contributed by atoms with Crippen LogP contribution in [0.5, 0.6) is 0 Å². The van der Waals surface area contributed by atoms with Crippen molar-refractivity contribution in [3.63, 3.8) is 0 Å². The molecular formula is C10H11NO. The van der Waals surface area contributed by atoms with E-state index in [1.54, 1.807) is 0 Å². The predicted molar refractivity (Wildman–Crippen MR) is 46.9 cm³/mol. The molecule has 0 radical (unpaired) electrons. The van der Waals surface area contributed by atoms with Gasteiger partial charge < -0.3 is 5.73 Å². The molecule has 0 saturated carbocycles. The van der Waals surface area contributed by atoms with Gasteiger partial charge in [0.15, 0.2) is 5.78 Å². The van der Waals surface area contributed by atoms with Gasteiger partial charge in [-0.3, -0.25) is 4.79 Å². The normalized spacial score (nSPS) is 19.6. The molecule has 0 fully saturated rings. The average molecular weight is 161 g/mol. The van der Waals surface area contributed by atoms with Crippen LogP contribution in [0.2, 0.25) is 0 Å². The van der Waals surface area contributed by atoms with Crippen LogP contribution in [-0.4, -0.2) is 12.3 Å². The van der Waals surface area contributed by atoms with E-state index in [4.69, 9.17) is 5.73 Å². The molecule has 12 heavy (non-hydrogen) atoms. The van der Waals surface area contributed by atoms with Crippen LogP contribution in [-0.2, 0) is 11.2 Å². The molecule has 1 unspecified atom stereocenters. The Morgan fingerprint density at radius 3 is 2.92 bits per heavy atom. The summed E-state index contributed by atoms with van der Waals surface area (Å²) in [4.78, 5) is 11.2. The van der Waals surface area contributed by atoms with Crippen molar-refractivity contribution < 1.29 is 4.79 Å². The summed E-state index contributed by atoms with van der Waals surface area (Å²) in [5.74, 6) is 0.250. The molecule has 2 rings (SSSR count). The second-order valence-electron chi connectivity index (χ2n) is 3.13. The lowest BCUT2D eigenvalue weighted by molar-refractivity contribution is -0.119. The lowest BCUT2D eigenvalue weighted by atomic mass is 9.75. The third-order valence-electron chi connectivity index (χ3n) is 2.44. The van der Waals surface area contributed by atoms with Crippen molar-refractivity contribution in [2.75, 3.05) is 6.54 Å². The Hall–Kier alpha value is -1.15. The second-order valence-corrected chi connectivity index (χ2v) is 3.13. The Morgan fingerprint density at radius 1 is 1.50 bits per heavy atom. The van der Waals surface area contributed by atoms with Gasteiger partial charge in [-0.05, 0) is 17.5 Å². The quantitative estimate of drug-likeness (QED) is 0.699. The summed E-state index contributed by atoms with van der Waals surface area (Å²) in [6.07, 6.45) is 0.881. The van der Waals surface area contributed by atoms with E-state index < -0.39 is 0 Å². The highest BCUT2D eigenvalue weighted by molar-refractivity contribution is 5.90. The van der Waals surface area contributed by atoms with Crippen LogP contribution >= 0.6 is 0 Å². The van der Waals surface area contributed by atoms with Gasteiger partial charge in [0.25, 0.3) is 0 Å². The van der Waals surface area contributed by atoms with Crippen LogP contribution in [0, 0.1) is 0 Å². The van der Waals surface area contributed by atoms with E-state index in [1.165, 1.54) is 11.1 Å². The summed E-state index contributed by atoms with van der Waals surface area (Å²) in [5, 5.41) is 0. The smallest absolute Gasteiger partial charge is 0.154 e. The van der Waals surface area contributed by atoms with Gasteiger partial charge in [-0.25, -0.2) is 0 Å². The first-order valence-corrected chi connectivity index (χ1v) is 4.13. The Balaban J connectivity index is 2.25. The standard InChI is InChI=1S/C10H11NO/c11-6-10(12)9-5-7-3-1-2-4-8(7)9/h1-4,9H,5-6,11H2. The number of hydrogen-bond acceptors (Lipinski definition) is 2. The summed E-state index contributed by atoms with van der Waals surface area (Å²) in [5.41, 5.74) is 7.76. The maximum absolute atomic E-state index is 11.2. The molecule has 0 aliphatic heterocycles. The number of hydrogen-bond donors (Lipinski definition) is 1. The molecule has 0 saturated heterocycles. The first kappa shape index (κ1) is 7.50. The molecule has 0 aromatic heterocycles. The number of carbonyl (C=O) groups excluding carboxylic acids is 1. The second kappa shape index (κ2) is 2.72. The van der Waals surface area contributed by atoms with E-state index in [9.17, 15) is 4.79 Å². The number of carbonyl (C=O) groups is 1. The third-order valence-corrected chi connectivity index (χ3v) is 2.44. The lowest BCUT2D eigenvalue weighted by Gasteiger charge is -2.28. The summed E-state index contributed by atoms with van der Waals surface area (Å²) >= 11 is 0. The molecule has 0 heterocycles. The van der Waals surface area contributed by atoms with Crippen LogP contribution in [0.4, 0.5) is 0 Å². The van der Waals surface area contributed by atoms with Crippen molar-refractivity contribution in [1.82, 2.24) is 0 Å². The molecule has 1 aromatic rings. The van der Waals surface area contributed by atoms with Crippen LogP contribution < -0.4 is 5.73 Å². The summed E-state index contributed by atoms with van der Waals surface area (Å²) in [6, 6.07) is 8.05. The number of rotatable bonds is 2. The first-order valence-electron chi connectivity index (χ1n) is 4.13. The van der Waals surface area contributed by atoms with Gasteiger partial charge >= 0.3 is 0 Å². The average Bonchev–Trinajstić information content (AvgIpc) is 2.07. The molecule has 62 valence electrons. The highest BCUT2D eigenvalue weighted by Gasteiger charge is 2.30. The van der Waals surface area contributed by atoms with Gasteiger partial charge in [0.2, 0.25) is 0 Å². The molecule has 1 atom stereocenters. The van der Waals surface area contributed by atoms with E-state index in [2.05, 4.69) is 6.07 Å². The fourth-order valence-corrected chi connectivity index (χ4v) is 1.69. The Morgan fingerprint density at radius 2 is 2.25 bits per heavy atom. The molecule has 0 bridgehead atoms. The Kier molecular flexibility index (Phi) is 1.70. The van der Waals surface area contributed by atoms with Gasteiger partial charge in [-0.15, -0.1) is 0 Å². The van der Waals surface area contributed by atoms with Crippen molar-refractivity contribution in [2.24, 2.45) is 5.73 Å². The van der Waals surface area contributed by atoms with Crippen molar-refractivity contribution >= 4 is 5.78 Å². The topological polar surface area (TPSA) is 43.1 Å². The monoisotopic (exact) mass is 161 g/mol. The fraction of sp³-hybridized carbons (Fsp3) is 0.300. The number of Topliss-reactive ketones (excluding diaryl/α,β-unsaturated/α-hetero) is 1. The minimum Gasteiger partial charge on any atom is -0.324 e. The van der Waals surface area contributed by atoms with Crippen molar-refractivity contribution in [2.45, 2.75) is 12.3 Å². The molecule has 1 aliphatic carbocycles. The SMILES string of the molecule is NCC(=O)C1Cc2ccccc21. The zero-order valence-electron chi connectivity index (χ0n) is 6.79. The maximum atomic E-state index is 11.2. The van der Waals surface area contributed by atoms with E-state index in [-0.39, 0.29) is 18.2 Å².